The van der Waals surface area contributed by atoms with Gasteiger partial charge in [0.2, 0.25) is 0 Å². The number of carbonyl (C=O) groups is 2. The molecule has 0 spiro atoms. The Kier molecular flexibility index (Phi) is 5.34. The predicted molar refractivity (Wildman–Crippen MR) is 66.4 cm³/mol. The van der Waals surface area contributed by atoms with Crippen molar-refractivity contribution in [2.75, 3.05) is 6.23 Å². The molecule has 5 nitrogen and oxygen atoms in total. The zero-order valence-electron chi connectivity index (χ0n) is 11.1. The van der Waals surface area contributed by atoms with E-state index in [4.69, 9.17) is 9.84 Å². The molecule has 0 aliphatic heterocycles. The zero-order chi connectivity index (χ0) is 13.9. The lowest BCUT2D eigenvalue weighted by Gasteiger charge is -2.36. The number of rotatable bonds is 5. The second kappa shape index (κ2) is 5.64. The molecule has 0 aliphatic carbocycles. The van der Waals surface area contributed by atoms with Crippen LogP contribution in [0.25, 0.3) is 0 Å². The highest BCUT2D eigenvalue weighted by molar-refractivity contribution is 6.80. The van der Waals surface area contributed by atoms with Gasteiger partial charge in [0.1, 0.15) is 0 Å². The standard InChI is InChI=1S/C11H22O5Si/c1-11(2,3)17(4,5)7-16-10(15)8(12)6-9(13)14/h8,12H,6-7H2,1-5H3,(H,13,14). The molecule has 17 heavy (non-hydrogen) atoms. The van der Waals surface area contributed by atoms with Crippen LogP contribution in [0.1, 0.15) is 27.2 Å². The number of carbonyl (C=O) groups excluding carboxylic acids is 1. The number of aliphatic hydroxyl groups is 1. The molecule has 0 bridgehead atoms. The number of esters is 1. The number of carboxylic acids is 1. The maximum absolute atomic E-state index is 11.3. The van der Waals surface area contributed by atoms with Gasteiger partial charge in [-0.3, -0.25) is 4.79 Å². The number of ether oxygens (including phenoxy) is 1. The van der Waals surface area contributed by atoms with Gasteiger partial charge in [0.05, 0.1) is 20.7 Å². The Hall–Kier alpha value is -0.883. The minimum absolute atomic E-state index is 0.0744. The Morgan fingerprint density at radius 3 is 2.12 bits per heavy atom. The van der Waals surface area contributed by atoms with E-state index in [0.717, 1.165) is 0 Å². The molecule has 0 aromatic heterocycles. The molecule has 0 amide bonds. The molecular weight excluding hydrogens is 240 g/mol. The Morgan fingerprint density at radius 2 is 1.76 bits per heavy atom. The summed E-state index contributed by atoms with van der Waals surface area (Å²) in [5.74, 6) is -2.07. The van der Waals surface area contributed by atoms with Gasteiger partial charge < -0.3 is 14.9 Å². The Morgan fingerprint density at radius 1 is 1.29 bits per heavy atom. The quantitative estimate of drug-likeness (QED) is 0.578. The zero-order valence-corrected chi connectivity index (χ0v) is 12.1. The second-order valence-corrected chi connectivity index (χ2v) is 11.4. The van der Waals surface area contributed by atoms with Crippen LogP contribution in [-0.4, -0.2) is 42.6 Å². The SMILES string of the molecule is CC(C)(C)[Si](C)(C)COC(=O)C(O)CC(=O)O. The van der Waals surface area contributed by atoms with Gasteiger partial charge in [-0.2, -0.15) is 0 Å². The van der Waals surface area contributed by atoms with Gasteiger partial charge in [0.15, 0.2) is 6.10 Å². The van der Waals surface area contributed by atoms with E-state index < -0.39 is 32.5 Å². The van der Waals surface area contributed by atoms with Gasteiger partial charge in [0.25, 0.3) is 0 Å². The number of hydrogen-bond acceptors (Lipinski definition) is 4. The van der Waals surface area contributed by atoms with Crippen LogP contribution in [-0.2, 0) is 14.3 Å². The molecule has 0 heterocycles. The number of aliphatic hydroxyl groups excluding tert-OH is 1. The molecule has 0 aromatic rings. The van der Waals surface area contributed by atoms with Crippen molar-refractivity contribution in [1.29, 1.82) is 0 Å². The summed E-state index contributed by atoms with van der Waals surface area (Å²) in [4.78, 5) is 21.7. The molecule has 0 aliphatic rings. The van der Waals surface area contributed by atoms with Gasteiger partial charge in [-0.25, -0.2) is 4.79 Å². The predicted octanol–water partition coefficient (Wildman–Crippen LogP) is 1.41. The van der Waals surface area contributed by atoms with Crippen molar-refractivity contribution in [3.63, 3.8) is 0 Å². The fourth-order valence-corrected chi connectivity index (χ4v) is 1.75. The van der Waals surface area contributed by atoms with Crippen molar-refractivity contribution in [3.05, 3.63) is 0 Å². The van der Waals surface area contributed by atoms with Crippen LogP contribution in [0.4, 0.5) is 0 Å². The molecular formula is C11H22O5Si. The number of carboxylic acid groups (broad SMARTS) is 1. The number of aliphatic carboxylic acids is 1. The van der Waals surface area contributed by atoms with E-state index >= 15 is 0 Å². The third-order valence-electron chi connectivity index (χ3n) is 3.25. The van der Waals surface area contributed by atoms with Crippen molar-refractivity contribution in [3.8, 4) is 0 Å². The summed E-state index contributed by atoms with van der Waals surface area (Å²) < 4.78 is 5.01. The Balaban J connectivity index is 4.30. The second-order valence-electron chi connectivity index (χ2n) is 5.86. The highest BCUT2D eigenvalue weighted by atomic mass is 28.3. The maximum Gasteiger partial charge on any atom is 0.335 e. The van der Waals surface area contributed by atoms with Gasteiger partial charge in [-0.15, -0.1) is 0 Å². The van der Waals surface area contributed by atoms with E-state index in [1.165, 1.54) is 0 Å². The van der Waals surface area contributed by atoms with E-state index in [9.17, 15) is 14.7 Å². The Labute approximate surface area is 103 Å². The van der Waals surface area contributed by atoms with Gasteiger partial charge in [-0.05, 0) is 5.04 Å². The first-order valence-electron chi connectivity index (χ1n) is 5.54. The summed E-state index contributed by atoms with van der Waals surface area (Å²) in [7, 11) is -1.76. The highest BCUT2D eigenvalue weighted by Crippen LogP contribution is 2.35. The van der Waals surface area contributed by atoms with Crippen LogP contribution >= 0.6 is 0 Å². The van der Waals surface area contributed by atoms with Crippen molar-refractivity contribution in [1.82, 2.24) is 0 Å². The largest absolute Gasteiger partial charge is 0.481 e. The third-order valence-corrected chi connectivity index (χ3v) is 8.17. The van der Waals surface area contributed by atoms with Gasteiger partial charge in [0, 0.05) is 0 Å². The van der Waals surface area contributed by atoms with Gasteiger partial charge >= 0.3 is 11.9 Å². The highest BCUT2D eigenvalue weighted by Gasteiger charge is 2.37. The van der Waals surface area contributed by atoms with E-state index in [1.807, 2.05) is 0 Å². The topological polar surface area (TPSA) is 83.8 Å². The lowest BCUT2D eigenvalue weighted by atomic mass is 10.2. The van der Waals surface area contributed by atoms with Crippen LogP contribution in [0.2, 0.25) is 18.1 Å². The molecule has 1 unspecified atom stereocenters. The summed E-state index contributed by atoms with van der Waals surface area (Å²) in [6.45, 7) is 10.4. The smallest absolute Gasteiger partial charge is 0.335 e. The van der Waals surface area contributed by atoms with Crippen LogP contribution in [0.15, 0.2) is 0 Å². The Bertz CT molecular complexity index is 293. The van der Waals surface area contributed by atoms with E-state index in [0.29, 0.717) is 0 Å². The molecule has 6 heteroatoms. The maximum atomic E-state index is 11.3. The van der Waals surface area contributed by atoms with E-state index in [2.05, 4.69) is 33.9 Å². The number of hydrogen-bond donors (Lipinski definition) is 2. The van der Waals surface area contributed by atoms with E-state index in [1.54, 1.807) is 0 Å². The summed E-state index contributed by atoms with van der Waals surface area (Å²) in [6, 6.07) is 0. The monoisotopic (exact) mass is 262 g/mol. The molecule has 0 saturated heterocycles. The van der Waals surface area contributed by atoms with Crippen molar-refractivity contribution in [2.24, 2.45) is 0 Å². The minimum Gasteiger partial charge on any atom is -0.481 e. The van der Waals surface area contributed by atoms with Crippen LogP contribution in [0.3, 0.4) is 0 Å². The molecule has 0 radical (unpaired) electrons. The molecule has 1 atom stereocenters. The van der Waals surface area contributed by atoms with Crippen molar-refractivity contribution in [2.45, 2.75) is 51.4 Å². The van der Waals surface area contributed by atoms with Crippen molar-refractivity contribution >= 4 is 20.0 Å². The molecule has 0 rings (SSSR count). The normalized spacial score (nSPS) is 14.2. The molecule has 0 saturated carbocycles. The summed E-state index contributed by atoms with van der Waals surface area (Å²) in [5, 5.41) is 17.8. The lowest BCUT2D eigenvalue weighted by Crippen LogP contribution is -2.44. The third kappa shape index (κ3) is 5.32. The molecule has 100 valence electrons. The lowest BCUT2D eigenvalue weighted by molar-refractivity contribution is -0.156. The van der Waals surface area contributed by atoms with Crippen LogP contribution in [0.5, 0.6) is 0 Å². The minimum atomic E-state index is -1.76. The first-order chi connectivity index (χ1) is 7.47. The average Bonchev–Trinajstić information content (AvgIpc) is 2.11. The molecule has 0 fully saturated rings. The fourth-order valence-electron chi connectivity index (χ4n) is 0.813. The van der Waals surface area contributed by atoms with Crippen LogP contribution in [0, 0.1) is 0 Å². The summed E-state index contributed by atoms with van der Waals surface area (Å²) in [6.07, 6.45) is -1.90. The average molecular weight is 262 g/mol. The first kappa shape index (κ1) is 16.1. The summed E-state index contributed by atoms with van der Waals surface area (Å²) >= 11 is 0. The van der Waals surface area contributed by atoms with Gasteiger partial charge in [-0.1, -0.05) is 33.9 Å². The van der Waals surface area contributed by atoms with E-state index in [-0.39, 0.29) is 11.3 Å². The molecule has 2 N–H and O–H groups in total. The first-order valence-corrected chi connectivity index (χ1v) is 8.74. The van der Waals surface area contributed by atoms with Crippen molar-refractivity contribution < 1.29 is 24.5 Å². The fraction of sp³-hybridized carbons (Fsp3) is 0.818. The summed E-state index contributed by atoms with van der Waals surface area (Å²) in [5.41, 5.74) is 0. The van der Waals surface area contributed by atoms with Crippen LogP contribution < -0.4 is 0 Å². The molecule has 0 aromatic carbocycles.